The third kappa shape index (κ3) is 4.09. The second-order valence-corrected chi connectivity index (χ2v) is 3.34. The Hall–Kier alpha value is -1.41. The van der Waals surface area contributed by atoms with Gasteiger partial charge in [0, 0.05) is 0 Å². The first-order valence-corrected chi connectivity index (χ1v) is 5.06. The Kier molecular flexibility index (Phi) is 4.78. The zero-order valence-electron chi connectivity index (χ0n) is 9.14. The van der Waals surface area contributed by atoms with Crippen LogP contribution in [-0.2, 0) is 16.1 Å². The molecule has 2 nitrogen and oxygen atoms in total. The van der Waals surface area contributed by atoms with Crippen molar-refractivity contribution in [3.63, 3.8) is 0 Å². The van der Waals surface area contributed by atoms with Gasteiger partial charge in [0.15, 0.2) is 5.78 Å². The van der Waals surface area contributed by atoms with Crippen LogP contribution in [0.1, 0.15) is 19.4 Å². The lowest BCUT2D eigenvalue weighted by Crippen LogP contribution is -2.18. The number of carbonyl (C=O) groups excluding carboxylic acids is 1. The van der Waals surface area contributed by atoms with Gasteiger partial charge in [0.2, 0.25) is 0 Å². The molecule has 0 aliphatic heterocycles. The molecule has 0 saturated carbocycles. The van der Waals surface area contributed by atoms with Crippen LogP contribution in [0.25, 0.3) is 0 Å². The summed E-state index contributed by atoms with van der Waals surface area (Å²) in [4.78, 5) is 11.4. The summed E-state index contributed by atoms with van der Waals surface area (Å²) in [6.07, 6.45) is 2.89. The molecule has 0 radical (unpaired) electrons. The van der Waals surface area contributed by atoms with Crippen LogP contribution in [0.3, 0.4) is 0 Å². The zero-order valence-corrected chi connectivity index (χ0v) is 9.14. The average molecular weight is 204 g/mol. The molecule has 0 N–H and O–H groups in total. The van der Waals surface area contributed by atoms with Crippen LogP contribution in [0, 0.1) is 0 Å². The first-order chi connectivity index (χ1) is 7.24. The van der Waals surface area contributed by atoms with Crippen molar-refractivity contribution in [2.75, 3.05) is 0 Å². The highest BCUT2D eigenvalue weighted by atomic mass is 16.5. The molecule has 0 fully saturated rings. The minimum atomic E-state index is -0.374. The molecule has 1 atom stereocenters. The molecular weight excluding hydrogens is 188 g/mol. The summed E-state index contributed by atoms with van der Waals surface area (Å²) >= 11 is 0. The van der Waals surface area contributed by atoms with Gasteiger partial charge >= 0.3 is 0 Å². The van der Waals surface area contributed by atoms with E-state index in [4.69, 9.17) is 4.74 Å². The van der Waals surface area contributed by atoms with Gasteiger partial charge in [-0.15, -0.1) is 0 Å². The maximum Gasteiger partial charge on any atom is 0.183 e. The van der Waals surface area contributed by atoms with Crippen LogP contribution in [-0.4, -0.2) is 11.9 Å². The Bertz CT molecular complexity index is 328. The fourth-order valence-corrected chi connectivity index (χ4v) is 1.18. The summed E-state index contributed by atoms with van der Waals surface area (Å²) in [5.41, 5.74) is 1.08. The van der Waals surface area contributed by atoms with Crippen molar-refractivity contribution in [1.82, 2.24) is 0 Å². The van der Waals surface area contributed by atoms with E-state index in [1.54, 1.807) is 13.0 Å². The van der Waals surface area contributed by atoms with E-state index >= 15 is 0 Å². The molecule has 0 saturated heterocycles. The van der Waals surface area contributed by atoms with Crippen molar-refractivity contribution in [2.24, 2.45) is 0 Å². The van der Waals surface area contributed by atoms with E-state index in [-0.39, 0.29) is 11.9 Å². The molecular formula is C13H16O2. The van der Waals surface area contributed by atoms with Gasteiger partial charge in [-0.25, -0.2) is 0 Å². The predicted molar refractivity (Wildman–Crippen MR) is 60.5 cm³/mol. The van der Waals surface area contributed by atoms with Crippen molar-refractivity contribution >= 4 is 5.78 Å². The van der Waals surface area contributed by atoms with Crippen molar-refractivity contribution < 1.29 is 9.53 Å². The molecule has 15 heavy (non-hydrogen) atoms. The molecule has 1 aromatic rings. The highest BCUT2D eigenvalue weighted by Crippen LogP contribution is 2.04. The van der Waals surface area contributed by atoms with E-state index in [0.717, 1.165) is 5.56 Å². The average Bonchev–Trinajstić information content (AvgIpc) is 2.27. The molecule has 0 bridgehead atoms. The summed E-state index contributed by atoms with van der Waals surface area (Å²) < 4.78 is 5.44. The molecule has 80 valence electrons. The van der Waals surface area contributed by atoms with Crippen LogP contribution in [0.5, 0.6) is 0 Å². The van der Waals surface area contributed by atoms with Crippen molar-refractivity contribution in [2.45, 2.75) is 26.6 Å². The van der Waals surface area contributed by atoms with Crippen LogP contribution in [0.2, 0.25) is 0 Å². The van der Waals surface area contributed by atoms with E-state index in [2.05, 4.69) is 0 Å². The molecule has 0 amide bonds. The summed E-state index contributed by atoms with van der Waals surface area (Å²) in [5, 5.41) is 0. The van der Waals surface area contributed by atoms with E-state index in [1.807, 2.05) is 37.3 Å². The van der Waals surface area contributed by atoms with Gasteiger partial charge in [0.25, 0.3) is 0 Å². The number of ether oxygens (including phenoxy) is 1. The minimum Gasteiger partial charge on any atom is -0.366 e. The lowest BCUT2D eigenvalue weighted by Gasteiger charge is -2.09. The smallest absolute Gasteiger partial charge is 0.183 e. The minimum absolute atomic E-state index is 0.00781. The number of benzene rings is 1. The van der Waals surface area contributed by atoms with Gasteiger partial charge in [-0.2, -0.15) is 0 Å². The lowest BCUT2D eigenvalue weighted by molar-refractivity contribution is -0.125. The first kappa shape index (κ1) is 11.7. The third-order valence-corrected chi connectivity index (χ3v) is 2.07. The molecule has 2 heteroatoms. The predicted octanol–water partition coefficient (Wildman–Crippen LogP) is 2.74. The number of ketones is 1. The summed E-state index contributed by atoms with van der Waals surface area (Å²) in [6, 6.07) is 9.83. The van der Waals surface area contributed by atoms with Gasteiger partial charge in [0.1, 0.15) is 6.10 Å². The highest BCUT2D eigenvalue weighted by molar-refractivity contribution is 5.93. The van der Waals surface area contributed by atoms with Crippen LogP contribution < -0.4 is 0 Å². The maximum absolute atomic E-state index is 11.4. The van der Waals surface area contributed by atoms with E-state index in [9.17, 15) is 4.79 Å². The summed E-state index contributed by atoms with van der Waals surface area (Å²) in [5.74, 6) is 0.00781. The number of hydrogen-bond donors (Lipinski definition) is 0. The van der Waals surface area contributed by atoms with Crippen LogP contribution in [0.15, 0.2) is 42.5 Å². The monoisotopic (exact) mass is 204 g/mol. The van der Waals surface area contributed by atoms with E-state index in [1.165, 1.54) is 6.08 Å². The Morgan fingerprint density at radius 3 is 2.67 bits per heavy atom. The maximum atomic E-state index is 11.4. The van der Waals surface area contributed by atoms with E-state index in [0.29, 0.717) is 6.61 Å². The normalized spacial score (nSPS) is 12.9. The Balaban J connectivity index is 2.41. The molecule has 1 aromatic carbocycles. The molecule has 0 aliphatic carbocycles. The molecule has 0 spiro atoms. The number of hydrogen-bond acceptors (Lipinski definition) is 2. The van der Waals surface area contributed by atoms with Gasteiger partial charge in [-0.05, 0) is 25.5 Å². The Morgan fingerprint density at radius 2 is 2.07 bits per heavy atom. The topological polar surface area (TPSA) is 26.3 Å². The summed E-state index contributed by atoms with van der Waals surface area (Å²) in [7, 11) is 0. The molecule has 0 aromatic heterocycles. The van der Waals surface area contributed by atoms with Gasteiger partial charge in [-0.1, -0.05) is 36.4 Å². The highest BCUT2D eigenvalue weighted by Gasteiger charge is 2.09. The van der Waals surface area contributed by atoms with E-state index < -0.39 is 0 Å². The van der Waals surface area contributed by atoms with Crippen molar-refractivity contribution in [1.29, 1.82) is 0 Å². The SMILES string of the molecule is CC=CC(=O)C(C)OCc1ccccc1. The number of carbonyl (C=O) groups is 1. The van der Waals surface area contributed by atoms with Gasteiger partial charge in [0.05, 0.1) is 6.61 Å². The van der Waals surface area contributed by atoms with Crippen LogP contribution >= 0.6 is 0 Å². The fraction of sp³-hybridized carbons (Fsp3) is 0.308. The number of allylic oxidation sites excluding steroid dienone is 1. The first-order valence-electron chi connectivity index (χ1n) is 5.06. The second kappa shape index (κ2) is 6.14. The zero-order chi connectivity index (χ0) is 11.1. The summed E-state index contributed by atoms with van der Waals surface area (Å²) in [6.45, 7) is 4.07. The lowest BCUT2D eigenvalue weighted by atomic mass is 10.2. The molecule has 0 heterocycles. The molecule has 1 unspecified atom stereocenters. The van der Waals surface area contributed by atoms with Crippen molar-refractivity contribution in [3.8, 4) is 0 Å². The molecule has 0 aliphatic rings. The van der Waals surface area contributed by atoms with Gasteiger partial charge in [-0.3, -0.25) is 4.79 Å². The van der Waals surface area contributed by atoms with Crippen molar-refractivity contribution in [3.05, 3.63) is 48.0 Å². The quantitative estimate of drug-likeness (QED) is 0.689. The molecule has 1 rings (SSSR count). The number of rotatable bonds is 5. The fourth-order valence-electron chi connectivity index (χ4n) is 1.18. The second-order valence-electron chi connectivity index (χ2n) is 3.34. The largest absolute Gasteiger partial charge is 0.366 e. The van der Waals surface area contributed by atoms with Gasteiger partial charge < -0.3 is 4.74 Å². The standard InChI is InChI=1S/C13H16O2/c1-3-7-13(14)11(2)15-10-12-8-5-4-6-9-12/h3-9,11H,10H2,1-2H3. The Labute approximate surface area is 90.6 Å². The van der Waals surface area contributed by atoms with Crippen LogP contribution in [0.4, 0.5) is 0 Å². The third-order valence-electron chi connectivity index (χ3n) is 2.07. The Morgan fingerprint density at radius 1 is 1.40 bits per heavy atom.